The Balaban J connectivity index is 0.000000270. The highest BCUT2D eigenvalue weighted by Gasteiger charge is 2.52. The molecule has 0 radical (unpaired) electrons. The molecule has 21 heteroatoms. The lowest BCUT2D eigenvalue weighted by Crippen LogP contribution is -2.81. The molecule has 0 N–H and O–H groups in total. The van der Waals surface area contributed by atoms with Crippen LogP contribution in [0.4, 0.5) is 87.8 Å². The standard InChI is InChI=1S/C25H27.C24BF20/c1-16-7-17(2)11-22(10-16)25(23-12-18(3)8-19(4)13-23)24-14-20(5)9-21(6)15-24;26-5-1(6(27)14(35)21(42)13(5)34)25(2-7(28)15(36)22(43)16(37)8(2)29,3-9(30)17(38)23(44)18(39)10(3)31)4-11(32)19(40)24(45)20(41)12(4)33/h7-15H,1-6H3;/q+1;-1. The van der Waals surface area contributed by atoms with Crippen molar-refractivity contribution < 1.29 is 87.8 Å². The van der Waals surface area contributed by atoms with Gasteiger partial charge >= 0.3 is 0 Å². The molecule has 0 saturated carbocycles. The van der Waals surface area contributed by atoms with Gasteiger partial charge in [0, 0.05) is 0 Å². The van der Waals surface area contributed by atoms with Crippen molar-refractivity contribution >= 4 is 28.0 Å². The molecule has 0 atom stereocenters. The predicted octanol–water partition coefficient (Wildman–Crippen LogP) is 12.4. The van der Waals surface area contributed by atoms with E-state index in [0.717, 1.165) is 0 Å². The summed E-state index contributed by atoms with van der Waals surface area (Å²) in [5.41, 5.74) is -2.59. The SMILES string of the molecule is Cc1cc(C)cc([C+](c2cc(C)cc(C)c2)c2cc(C)cc(C)c2)c1.Fc1c(F)c(F)c([B-](c2c(F)c(F)c(F)c(F)c2F)(c2c(F)c(F)c(F)c(F)c2F)c2c(F)c(F)c(F)c(F)c2F)c(F)c1F. The maximum absolute atomic E-state index is 15.4. The van der Waals surface area contributed by atoms with E-state index in [1.54, 1.807) is 0 Å². The minimum Gasteiger partial charge on any atom is -0.207 e. The van der Waals surface area contributed by atoms with Gasteiger partial charge in [-0.1, -0.05) is 0 Å². The molecule has 0 aliphatic carbocycles. The summed E-state index contributed by atoms with van der Waals surface area (Å²) in [6, 6.07) is 20.5. The normalized spacial score (nSPS) is 11.6. The van der Waals surface area contributed by atoms with Crippen LogP contribution in [0.15, 0.2) is 54.6 Å². The van der Waals surface area contributed by atoms with Crippen molar-refractivity contribution in [3.05, 3.63) is 227 Å². The van der Waals surface area contributed by atoms with Gasteiger partial charge in [0.1, 0.15) is 52.7 Å². The van der Waals surface area contributed by atoms with Gasteiger partial charge in [0.15, 0.2) is 69.8 Å². The van der Waals surface area contributed by atoms with E-state index >= 15 is 35.1 Å². The topological polar surface area (TPSA) is 0 Å². The van der Waals surface area contributed by atoms with E-state index in [9.17, 15) is 52.7 Å². The Labute approximate surface area is 383 Å². The first-order valence-electron chi connectivity index (χ1n) is 19.9. The average molecular weight is 1010 g/mol. The third-order valence-electron chi connectivity index (χ3n) is 11.2. The molecule has 70 heavy (non-hydrogen) atoms. The summed E-state index contributed by atoms with van der Waals surface area (Å²) in [4.78, 5) is 0. The Kier molecular flexibility index (Phi) is 14.3. The summed E-state index contributed by atoms with van der Waals surface area (Å²) in [5, 5.41) is 0. The molecule has 7 aromatic rings. The fraction of sp³-hybridized carbons (Fsp3) is 0.122. The first kappa shape index (κ1) is 52.4. The first-order valence-corrected chi connectivity index (χ1v) is 19.9. The van der Waals surface area contributed by atoms with Crippen molar-refractivity contribution in [1.82, 2.24) is 0 Å². The molecule has 7 rings (SSSR count). The van der Waals surface area contributed by atoms with E-state index in [1.165, 1.54) is 56.0 Å². The molecule has 0 heterocycles. The molecule has 0 aliphatic heterocycles. The molecular weight excluding hydrogens is 979 g/mol. The summed E-state index contributed by atoms with van der Waals surface area (Å²) >= 11 is 0. The number of aryl methyl sites for hydroxylation is 6. The van der Waals surface area contributed by atoms with Crippen LogP contribution >= 0.6 is 0 Å². The number of benzene rings is 7. The summed E-state index contributed by atoms with van der Waals surface area (Å²) < 4.78 is 294. The fourth-order valence-electron chi connectivity index (χ4n) is 8.73. The van der Waals surface area contributed by atoms with Crippen LogP contribution in [0.5, 0.6) is 0 Å². The second-order valence-electron chi connectivity index (χ2n) is 16.3. The lowest BCUT2D eigenvalue weighted by atomic mass is 9.12. The Hall–Kier alpha value is -6.93. The van der Waals surface area contributed by atoms with Crippen LogP contribution in [0.3, 0.4) is 0 Å². The summed E-state index contributed by atoms with van der Waals surface area (Å²) in [6.07, 6.45) is -7.22. The van der Waals surface area contributed by atoms with Crippen LogP contribution < -0.4 is 21.9 Å². The highest BCUT2D eigenvalue weighted by molar-refractivity contribution is 7.20. The van der Waals surface area contributed by atoms with Gasteiger partial charge < -0.3 is 0 Å². The van der Waals surface area contributed by atoms with E-state index in [0.29, 0.717) is 0 Å². The molecule has 0 aliphatic rings. The van der Waals surface area contributed by atoms with Gasteiger partial charge in [0.05, 0.1) is 22.6 Å². The van der Waals surface area contributed by atoms with Crippen molar-refractivity contribution in [2.24, 2.45) is 0 Å². The smallest absolute Gasteiger partial charge is 0.200 e. The Morgan fingerprint density at radius 3 is 0.486 bits per heavy atom. The molecule has 0 spiro atoms. The maximum atomic E-state index is 15.4. The number of hydrogen-bond donors (Lipinski definition) is 0. The van der Waals surface area contributed by atoms with Gasteiger partial charge in [-0.3, -0.25) is 0 Å². The molecule has 0 aromatic heterocycles. The van der Waals surface area contributed by atoms with E-state index in [2.05, 4.69) is 96.1 Å². The van der Waals surface area contributed by atoms with Crippen molar-refractivity contribution in [3.63, 3.8) is 0 Å². The number of hydrogen-bond acceptors (Lipinski definition) is 0. The van der Waals surface area contributed by atoms with Crippen molar-refractivity contribution in [3.8, 4) is 0 Å². The zero-order chi connectivity index (χ0) is 52.5. The monoisotopic (exact) mass is 1010 g/mol. The van der Waals surface area contributed by atoms with E-state index in [1.807, 2.05) is 0 Å². The Bertz CT molecular complexity index is 2730. The third kappa shape index (κ3) is 8.50. The van der Waals surface area contributed by atoms with E-state index in [4.69, 9.17) is 0 Å². The predicted molar refractivity (Wildman–Crippen MR) is 218 cm³/mol. The summed E-state index contributed by atoms with van der Waals surface area (Å²) in [6.45, 7) is 13.1. The zero-order valence-corrected chi connectivity index (χ0v) is 36.3. The second-order valence-corrected chi connectivity index (χ2v) is 16.3. The average Bonchev–Trinajstić information content (AvgIpc) is 3.28. The molecule has 0 bridgehead atoms. The van der Waals surface area contributed by atoms with Crippen LogP contribution in [-0.2, 0) is 0 Å². The Morgan fingerprint density at radius 2 is 0.343 bits per heavy atom. The lowest BCUT2D eigenvalue weighted by Gasteiger charge is -2.44. The minimum atomic E-state index is -7.22. The highest BCUT2D eigenvalue weighted by Crippen LogP contribution is 2.35. The third-order valence-corrected chi connectivity index (χ3v) is 11.2. The van der Waals surface area contributed by atoms with E-state index < -0.39 is 144 Å². The van der Waals surface area contributed by atoms with Gasteiger partial charge in [-0.2, -0.15) is 0 Å². The molecular formula is C49H27BF20. The molecule has 0 unspecified atom stereocenters. The number of halogens is 20. The molecule has 0 amide bonds. The van der Waals surface area contributed by atoms with E-state index in [-0.39, 0.29) is 0 Å². The van der Waals surface area contributed by atoms with Crippen LogP contribution in [0.25, 0.3) is 0 Å². The largest absolute Gasteiger partial charge is 0.207 e. The van der Waals surface area contributed by atoms with Crippen molar-refractivity contribution in [2.45, 2.75) is 41.5 Å². The first-order chi connectivity index (χ1) is 32.5. The van der Waals surface area contributed by atoms with Gasteiger partial charge in [-0.05, 0) is 130 Å². The zero-order valence-electron chi connectivity index (χ0n) is 36.3. The van der Waals surface area contributed by atoms with Crippen LogP contribution in [0.2, 0.25) is 0 Å². The van der Waals surface area contributed by atoms with Crippen LogP contribution in [0, 0.1) is 164 Å². The van der Waals surface area contributed by atoms with Gasteiger partial charge in [0.2, 0.25) is 0 Å². The van der Waals surface area contributed by atoms with Crippen LogP contribution in [0.1, 0.15) is 50.1 Å². The van der Waals surface area contributed by atoms with Crippen LogP contribution in [-0.4, -0.2) is 6.15 Å². The van der Waals surface area contributed by atoms with Gasteiger partial charge in [-0.25, -0.2) is 87.8 Å². The van der Waals surface area contributed by atoms with Gasteiger partial charge in [-0.15, -0.1) is 21.9 Å². The van der Waals surface area contributed by atoms with Gasteiger partial charge in [0.25, 0.3) is 0 Å². The molecule has 0 nitrogen and oxygen atoms in total. The molecule has 0 saturated heterocycles. The summed E-state index contributed by atoms with van der Waals surface area (Å²) in [5.74, 6) is -70.1. The quantitative estimate of drug-likeness (QED) is 0.0373. The molecule has 0 fully saturated rings. The molecule has 366 valence electrons. The summed E-state index contributed by atoms with van der Waals surface area (Å²) in [7, 11) is 0. The van der Waals surface area contributed by atoms with Crippen molar-refractivity contribution in [1.29, 1.82) is 0 Å². The second kappa shape index (κ2) is 19.1. The minimum absolute atomic E-state index is 1.30. The molecule has 7 aromatic carbocycles. The fourth-order valence-corrected chi connectivity index (χ4v) is 8.73. The van der Waals surface area contributed by atoms with Crippen molar-refractivity contribution in [2.75, 3.05) is 0 Å². The lowest BCUT2D eigenvalue weighted by molar-refractivity contribution is 0.378. The maximum Gasteiger partial charge on any atom is 0.200 e. The Morgan fingerprint density at radius 1 is 0.214 bits per heavy atom. The number of rotatable bonds is 7. The highest BCUT2D eigenvalue weighted by atomic mass is 19.2.